The standard InChI is InChI=1S/C14H16BrClINO/c15-11-3-1-2-9(6-11)8-18-14(19)10-4-5-13(17)12(16)7-10/h4-5,7,9,11H,1-3,6,8H2,(H,18,19). The summed E-state index contributed by atoms with van der Waals surface area (Å²) in [5.41, 5.74) is 0.636. The quantitative estimate of drug-likeness (QED) is 0.522. The van der Waals surface area contributed by atoms with E-state index in [0.29, 0.717) is 21.3 Å². The van der Waals surface area contributed by atoms with E-state index < -0.39 is 0 Å². The van der Waals surface area contributed by atoms with Gasteiger partial charge in [-0.15, -0.1) is 0 Å². The molecule has 0 radical (unpaired) electrons. The Kier molecular flexibility index (Phi) is 5.96. The van der Waals surface area contributed by atoms with Crippen molar-refractivity contribution in [2.24, 2.45) is 5.92 Å². The van der Waals surface area contributed by atoms with Crippen molar-refractivity contribution in [3.8, 4) is 0 Å². The zero-order valence-corrected chi connectivity index (χ0v) is 15.0. The number of carbonyl (C=O) groups is 1. The van der Waals surface area contributed by atoms with E-state index in [1.165, 1.54) is 19.3 Å². The predicted octanol–water partition coefficient (Wildman–Crippen LogP) is 4.63. The first-order valence-corrected chi connectivity index (χ1v) is 8.81. The number of amides is 1. The lowest BCUT2D eigenvalue weighted by atomic mass is 9.89. The first kappa shape index (κ1) is 15.6. The molecule has 104 valence electrons. The molecule has 2 rings (SSSR count). The maximum absolute atomic E-state index is 12.0. The van der Waals surface area contributed by atoms with Gasteiger partial charge in [-0.25, -0.2) is 0 Å². The number of benzene rings is 1. The second kappa shape index (κ2) is 7.27. The molecule has 1 fully saturated rings. The molecule has 0 bridgehead atoms. The van der Waals surface area contributed by atoms with Crippen LogP contribution in [0.5, 0.6) is 0 Å². The van der Waals surface area contributed by atoms with Crippen molar-refractivity contribution >= 4 is 56.0 Å². The van der Waals surface area contributed by atoms with Crippen LogP contribution in [0.15, 0.2) is 18.2 Å². The molecule has 0 heterocycles. The van der Waals surface area contributed by atoms with E-state index in [0.717, 1.165) is 16.5 Å². The van der Waals surface area contributed by atoms with Crippen LogP contribution in [0.25, 0.3) is 0 Å². The highest BCUT2D eigenvalue weighted by molar-refractivity contribution is 14.1. The van der Waals surface area contributed by atoms with Gasteiger partial charge in [0.1, 0.15) is 0 Å². The molecule has 2 nitrogen and oxygen atoms in total. The van der Waals surface area contributed by atoms with Crippen molar-refractivity contribution in [2.45, 2.75) is 30.5 Å². The Morgan fingerprint density at radius 2 is 2.26 bits per heavy atom. The fraction of sp³-hybridized carbons (Fsp3) is 0.500. The van der Waals surface area contributed by atoms with E-state index in [4.69, 9.17) is 11.6 Å². The van der Waals surface area contributed by atoms with Crippen LogP contribution in [-0.2, 0) is 0 Å². The van der Waals surface area contributed by atoms with Crippen molar-refractivity contribution in [3.05, 3.63) is 32.4 Å². The summed E-state index contributed by atoms with van der Waals surface area (Å²) < 4.78 is 0.963. The van der Waals surface area contributed by atoms with Gasteiger partial charge in [0.25, 0.3) is 5.91 Å². The second-order valence-electron chi connectivity index (χ2n) is 4.97. The average Bonchev–Trinajstić information content (AvgIpc) is 2.39. The van der Waals surface area contributed by atoms with Gasteiger partial charge in [0.2, 0.25) is 0 Å². The summed E-state index contributed by atoms with van der Waals surface area (Å²) in [5, 5.41) is 3.65. The van der Waals surface area contributed by atoms with E-state index in [9.17, 15) is 4.79 Å². The monoisotopic (exact) mass is 455 g/mol. The van der Waals surface area contributed by atoms with Gasteiger partial charge in [-0.1, -0.05) is 34.0 Å². The van der Waals surface area contributed by atoms with E-state index >= 15 is 0 Å². The number of carbonyl (C=O) groups excluding carboxylic acids is 1. The van der Waals surface area contributed by atoms with Crippen molar-refractivity contribution in [1.82, 2.24) is 5.32 Å². The lowest BCUT2D eigenvalue weighted by molar-refractivity contribution is 0.0944. The third-order valence-corrected chi connectivity index (χ3v) is 5.86. The molecule has 1 aliphatic rings. The first-order chi connectivity index (χ1) is 9.06. The zero-order valence-electron chi connectivity index (χ0n) is 10.5. The second-order valence-corrected chi connectivity index (χ2v) is 7.83. The summed E-state index contributed by atoms with van der Waals surface area (Å²) in [6.45, 7) is 0.755. The number of halogens is 3. The van der Waals surface area contributed by atoms with Gasteiger partial charge in [0.05, 0.1) is 5.02 Å². The molecule has 1 aromatic rings. The van der Waals surface area contributed by atoms with Crippen molar-refractivity contribution in [3.63, 3.8) is 0 Å². The van der Waals surface area contributed by atoms with E-state index in [1.807, 2.05) is 12.1 Å². The van der Waals surface area contributed by atoms with Gasteiger partial charge in [-0.05, 0) is 66.0 Å². The molecule has 1 saturated carbocycles. The Morgan fingerprint density at radius 1 is 1.47 bits per heavy atom. The molecule has 1 aliphatic carbocycles. The van der Waals surface area contributed by atoms with Crippen LogP contribution in [-0.4, -0.2) is 17.3 Å². The zero-order chi connectivity index (χ0) is 13.8. The number of alkyl halides is 1. The summed E-state index contributed by atoms with van der Waals surface area (Å²) in [5.74, 6) is 0.552. The molecular weight excluding hydrogens is 440 g/mol. The highest BCUT2D eigenvalue weighted by atomic mass is 127. The van der Waals surface area contributed by atoms with Crippen LogP contribution >= 0.6 is 50.1 Å². The largest absolute Gasteiger partial charge is 0.352 e. The fourth-order valence-electron chi connectivity index (χ4n) is 2.39. The number of hydrogen-bond donors (Lipinski definition) is 1. The Labute approximate surface area is 140 Å². The minimum atomic E-state index is -0.0324. The van der Waals surface area contributed by atoms with E-state index in [2.05, 4.69) is 43.8 Å². The third kappa shape index (κ3) is 4.60. The van der Waals surface area contributed by atoms with Crippen LogP contribution in [0.4, 0.5) is 0 Å². The molecule has 1 aromatic carbocycles. The Bertz CT molecular complexity index is 469. The summed E-state index contributed by atoms with van der Waals surface area (Å²) in [4.78, 5) is 12.7. The highest BCUT2D eigenvalue weighted by Crippen LogP contribution is 2.28. The van der Waals surface area contributed by atoms with E-state index in [1.54, 1.807) is 6.07 Å². The maximum Gasteiger partial charge on any atom is 0.251 e. The Morgan fingerprint density at radius 3 is 2.95 bits per heavy atom. The number of rotatable bonds is 3. The molecule has 0 saturated heterocycles. The van der Waals surface area contributed by atoms with Crippen molar-refractivity contribution < 1.29 is 4.79 Å². The van der Waals surface area contributed by atoms with Crippen LogP contribution in [0.3, 0.4) is 0 Å². The SMILES string of the molecule is O=C(NCC1CCCC(Br)C1)c1ccc(I)c(Cl)c1. The molecule has 2 atom stereocenters. The maximum atomic E-state index is 12.0. The van der Waals surface area contributed by atoms with Crippen molar-refractivity contribution in [1.29, 1.82) is 0 Å². The summed E-state index contributed by atoms with van der Waals surface area (Å²) in [6, 6.07) is 5.41. The molecule has 1 amide bonds. The number of hydrogen-bond acceptors (Lipinski definition) is 1. The van der Waals surface area contributed by atoms with Gasteiger partial charge < -0.3 is 5.32 Å². The molecule has 0 aliphatic heterocycles. The van der Waals surface area contributed by atoms with Gasteiger partial charge in [0, 0.05) is 20.5 Å². The topological polar surface area (TPSA) is 29.1 Å². The highest BCUT2D eigenvalue weighted by Gasteiger charge is 2.20. The van der Waals surface area contributed by atoms with Crippen LogP contribution in [0.1, 0.15) is 36.0 Å². The molecule has 1 N–H and O–H groups in total. The normalized spacial score (nSPS) is 23.1. The molecule has 2 unspecified atom stereocenters. The van der Waals surface area contributed by atoms with Crippen LogP contribution in [0, 0.1) is 9.49 Å². The summed E-state index contributed by atoms with van der Waals surface area (Å²) >= 11 is 11.9. The minimum Gasteiger partial charge on any atom is -0.352 e. The Balaban J connectivity index is 1.88. The molecule has 0 aromatic heterocycles. The van der Waals surface area contributed by atoms with Crippen molar-refractivity contribution in [2.75, 3.05) is 6.54 Å². The Hall–Kier alpha value is 0.190. The molecule has 5 heteroatoms. The predicted molar refractivity (Wildman–Crippen MR) is 91.2 cm³/mol. The molecular formula is C14H16BrClINO. The smallest absolute Gasteiger partial charge is 0.251 e. The third-order valence-electron chi connectivity index (χ3n) is 3.45. The van der Waals surface area contributed by atoms with Crippen LogP contribution in [0.2, 0.25) is 5.02 Å². The van der Waals surface area contributed by atoms with Gasteiger partial charge in [0.15, 0.2) is 0 Å². The number of nitrogens with one attached hydrogen (secondary N) is 1. The fourth-order valence-corrected chi connectivity index (χ4v) is 3.76. The molecule has 0 spiro atoms. The van der Waals surface area contributed by atoms with Gasteiger partial charge in [-0.2, -0.15) is 0 Å². The van der Waals surface area contributed by atoms with Crippen LogP contribution < -0.4 is 5.32 Å². The van der Waals surface area contributed by atoms with Gasteiger partial charge >= 0.3 is 0 Å². The summed E-state index contributed by atoms with van der Waals surface area (Å²) in [6.07, 6.45) is 4.84. The van der Waals surface area contributed by atoms with Gasteiger partial charge in [-0.3, -0.25) is 4.79 Å². The first-order valence-electron chi connectivity index (χ1n) is 6.43. The lowest BCUT2D eigenvalue weighted by Crippen LogP contribution is -2.31. The molecule has 19 heavy (non-hydrogen) atoms. The summed E-state index contributed by atoms with van der Waals surface area (Å²) in [7, 11) is 0. The minimum absolute atomic E-state index is 0.0324. The average molecular weight is 457 g/mol. The lowest BCUT2D eigenvalue weighted by Gasteiger charge is -2.25. The van der Waals surface area contributed by atoms with E-state index in [-0.39, 0.29) is 5.91 Å².